The summed E-state index contributed by atoms with van der Waals surface area (Å²) in [7, 11) is 0. The number of piperazine rings is 1. The predicted octanol–water partition coefficient (Wildman–Crippen LogP) is 5.74. The van der Waals surface area contributed by atoms with E-state index in [9.17, 15) is 13.2 Å². The number of halogens is 3. The van der Waals surface area contributed by atoms with Gasteiger partial charge in [-0.2, -0.15) is 13.2 Å². The summed E-state index contributed by atoms with van der Waals surface area (Å²) in [5.41, 5.74) is 2.74. The van der Waals surface area contributed by atoms with Gasteiger partial charge >= 0.3 is 6.18 Å². The van der Waals surface area contributed by atoms with Crippen LogP contribution in [0.1, 0.15) is 24.1 Å². The molecule has 5 rings (SSSR count). The van der Waals surface area contributed by atoms with E-state index in [4.69, 9.17) is 4.98 Å². The van der Waals surface area contributed by atoms with Gasteiger partial charge in [-0.3, -0.25) is 0 Å². The summed E-state index contributed by atoms with van der Waals surface area (Å²) in [5, 5.41) is 6.72. The van der Waals surface area contributed by atoms with Gasteiger partial charge in [0.25, 0.3) is 0 Å². The predicted molar refractivity (Wildman–Crippen MR) is 136 cm³/mol. The summed E-state index contributed by atoms with van der Waals surface area (Å²) < 4.78 is 40.4. The van der Waals surface area contributed by atoms with Crippen LogP contribution in [0, 0.1) is 0 Å². The zero-order chi connectivity index (χ0) is 25.1. The minimum atomic E-state index is -4.44. The molecule has 1 aliphatic rings. The van der Waals surface area contributed by atoms with Gasteiger partial charge < -0.3 is 20.5 Å². The monoisotopic (exact) mass is 492 g/mol. The standard InChI is InChI=1S/C27H27F3N6/c1-18(19-6-3-2-4-7-19)33-23-17-21(10-11-32-23)25-24(20-8-5-9-22(16-20)27(28,29)30)34-26(35-25)36-14-12-31-13-15-36/h2-11,16-18,31H,12-15H2,1H3,(H,32,33)(H,34,35)/t18-/m0/s1. The van der Waals surface area contributed by atoms with E-state index in [-0.39, 0.29) is 6.04 Å². The number of hydrogen-bond donors (Lipinski definition) is 3. The first-order valence-electron chi connectivity index (χ1n) is 11.9. The maximum absolute atomic E-state index is 13.5. The summed E-state index contributed by atoms with van der Waals surface area (Å²) in [4.78, 5) is 14.7. The normalized spacial score (nSPS) is 15.1. The number of H-pyrrole nitrogens is 1. The molecular formula is C27H27F3N6. The number of benzene rings is 2. The molecule has 1 atom stereocenters. The molecule has 0 bridgehead atoms. The Morgan fingerprint density at radius 3 is 2.47 bits per heavy atom. The van der Waals surface area contributed by atoms with E-state index in [1.165, 1.54) is 6.07 Å². The summed E-state index contributed by atoms with van der Waals surface area (Å²) in [6, 6.07) is 19.1. The molecule has 1 saturated heterocycles. The van der Waals surface area contributed by atoms with Crippen molar-refractivity contribution >= 4 is 11.8 Å². The van der Waals surface area contributed by atoms with Crippen molar-refractivity contribution in [2.24, 2.45) is 0 Å². The van der Waals surface area contributed by atoms with Crippen molar-refractivity contribution in [1.29, 1.82) is 0 Å². The number of nitrogens with one attached hydrogen (secondary N) is 3. The van der Waals surface area contributed by atoms with Crippen LogP contribution in [0.3, 0.4) is 0 Å². The van der Waals surface area contributed by atoms with E-state index >= 15 is 0 Å². The third-order valence-electron chi connectivity index (χ3n) is 6.28. The van der Waals surface area contributed by atoms with Crippen LogP contribution < -0.4 is 15.5 Å². The van der Waals surface area contributed by atoms with Crippen LogP contribution in [-0.4, -0.2) is 41.1 Å². The molecule has 4 aromatic rings. The Kier molecular flexibility index (Phi) is 6.65. The minimum Gasteiger partial charge on any atom is -0.364 e. The van der Waals surface area contributed by atoms with E-state index in [1.54, 1.807) is 12.3 Å². The van der Waals surface area contributed by atoms with Crippen molar-refractivity contribution in [2.45, 2.75) is 19.1 Å². The molecular weight excluding hydrogens is 465 g/mol. The highest BCUT2D eigenvalue weighted by Gasteiger charge is 2.31. The summed E-state index contributed by atoms with van der Waals surface area (Å²) in [6.07, 6.45) is -2.74. The first-order valence-corrected chi connectivity index (χ1v) is 11.9. The SMILES string of the molecule is C[C@H](Nc1cc(-c2[nH]c(N3CCNCC3)nc2-c2cccc(C(F)(F)F)c2)ccn1)c1ccccc1. The molecule has 0 aliphatic carbocycles. The number of rotatable bonds is 6. The molecule has 1 aliphatic heterocycles. The Balaban J connectivity index is 1.53. The van der Waals surface area contributed by atoms with Gasteiger partial charge in [0, 0.05) is 49.5 Å². The van der Waals surface area contributed by atoms with E-state index in [2.05, 4.69) is 32.4 Å². The number of anilines is 2. The molecule has 0 saturated carbocycles. The fraction of sp³-hybridized carbons (Fsp3) is 0.259. The quantitative estimate of drug-likeness (QED) is 0.320. The molecule has 9 heteroatoms. The van der Waals surface area contributed by atoms with E-state index in [0.717, 1.165) is 49.4 Å². The zero-order valence-corrected chi connectivity index (χ0v) is 19.8. The van der Waals surface area contributed by atoms with Crippen molar-refractivity contribution in [3.63, 3.8) is 0 Å². The third-order valence-corrected chi connectivity index (χ3v) is 6.28. The molecule has 36 heavy (non-hydrogen) atoms. The van der Waals surface area contributed by atoms with Crippen molar-refractivity contribution in [1.82, 2.24) is 20.3 Å². The van der Waals surface area contributed by atoms with Crippen molar-refractivity contribution in [3.05, 3.63) is 84.1 Å². The molecule has 3 N–H and O–H groups in total. The van der Waals surface area contributed by atoms with E-state index < -0.39 is 11.7 Å². The second-order valence-corrected chi connectivity index (χ2v) is 8.81. The van der Waals surface area contributed by atoms with Crippen LogP contribution in [0.25, 0.3) is 22.5 Å². The Labute approximate surface area is 207 Å². The number of aromatic amines is 1. The fourth-order valence-corrected chi connectivity index (χ4v) is 4.36. The maximum atomic E-state index is 13.5. The second kappa shape index (κ2) is 10.0. The number of alkyl halides is 3. The number of pyridine rings is 1. The molecule has 0 amide bonds. The van der Waals surface area contributed by atoms with Gasteiger partial charge in [0.15, 0.2) is 0 Å². The first-order chi connectivity index (χ1) is 17.4. The first kappa shape index (κ1) is 23.9. The van der Waals surface area contributed by atoms with Crippen LogP contribution in [-0.2, 0) is 6.18 Å². The Morgan fingerprint density at radius 1 is 0.944 bits per heavy atom. The molecule has 6 nitrogen and oxygen atoms in total. The highest BCUT2D eigenvalue weighted by molar-refractivity contribution is 5.81. The lowest BCUT2D eigenvalue weighted by Gasteiger charge is -2.26. The molecule has 0 spiro atoms. The highest BCUT2D eigenvalue weighted by Crippen LogP contribution is 2.37. The zero-order valence-electron chi connectivity index (χ0n) is 19.8. The van der Waals surface area contributed by atoms with Crippen molar-refractivity contribution < 1.29 is 13.2 Å². The topological polar surface area (TPSA) is 68.9 Å². The smallest absolute Gasteiger partial charge is 0.364 e. The van der Waals surface area contributed by atoms with Crippen LogP contribution in [0.4, 0.5) is 24.9 Å². The maximum Gasteiger partial charge on any atom is 0.416 e. The average Bonchev–Trinajstić information content (AvgIpc) is 3.35. The minimum absolute atomic E-state index is 0.0232. The van der Waals surface area contributed by atoms with Crippen molar-refractivity contribution in [3.8, 4) is 22.5 Å². The van der Waals surface area contributed by atoms with Crippen LogP contribution in [0.2, 0.25) is 0 Å². The summed E-state index contributed by atoms with van der Waals surface area (Å²) >= 11 is 0. The van der Waals surface area contributed by atoms with Crippen LogP contribution in [0.5, 0.6) is 0 Å². The highest BCUT2D eigenvalue weighted by atomic mass is 19.4. The molecule has 1 fully saturated rings. The molecule has 0 radical (unpaired) electrons. The summed E-state index contributed by atoms with van der Waals surface area (Å²) in [6.45, 7) is 5.20. The lowest BCUT2D eigenvalue weighted by molar-refractivity contribution is -0.137. The number of hydrogen-bond acceptors (Lipinski definition) is 5. The van der Waals surface area contributed by atoms with Crippen LogP contribution >= 0.6 is 0 Å². The molecule has 0 unspecified atom stereocenters. The largest absolute Gasteiger partial charge is 0.416 e. The van der Waals surface area contributed by atoms with Gasteiger partial charge in [-0.25, -0.2) is 9.97 Å². The van der Waals surface area contributed by atoms with Crippen molar-refractivity contribution in [2.75, 3.05) is 36.4 Å². The van der Waals surface area contributed by atoms with Gasteiger partial charge in [0.05, 0.1) is 17.0 Å². The van der Waals surface area contributed by atoms with Gasteiger partial charge in [0.2, 0.25) is 5.95 Å². The lowest BCUT2D eigenvalue weighted by Crippen LogP contribution is -2.44. The molecule has 186 valence electrons. The number of nitrogens with zero attached hydrogens (tertiary/aromatic N) is 3. The van der Waals surface area contributed by atoms with Gasteiger partial charge in [-0.05, 0) is 36.8 Å². The second-order valence-electron chi connectivity index (χ2n) is 8.81. The van der Waals surface area contributed by atoms with Gasteiger partial charge in [-0.1, -0.05) is 42.5 Å². The van der Waals surface area contributed by atoms with Crippen LogP contribution in [0.15, 0.2) is 72.9 Å². The Bertz CT molecular complexity index is 1310. The molecule has 2 aromatic heterocycles. The number of imidazole rings is 1. The van der Waals surface area contributed by atoms with Gasteiger partial charge in [-0.15, -0.1) is 0 Å². The molecule has 2 aromatic carbocycles. The van der Waals surface area contributed by atoms with Gasteiger partial charge in [0.1, 0.15) is 5.82 Å². The van der Waals surface area contributed by atoms with E-state index in [0.29, 0.717) is 28.7 Å². The number of aromatic nitrogens is 3. The summed E-state index contributed by atoms with van der Waals surface area (Å²) in [5.74, 6) is 1.31. The molecule has 3 heterocycles. The Hall–Kier alpha value is -3.85. The average molecular weight is 493 g/mol. The third kappa shape index (κ3) is 5.21. The fourth-order valence-electron chi connectivity index (χ4n) is 4.36. The lowest BCUT2D eigenvalue weighted by atomic mass is 10.0. The Morgan fingerprint density at radius 2 is 1.72 bits per heavy atom. The van der Waals surface area contributed by atoms with E-state index in [1.807, 2.05) is 42.5 Å².